The molecule has 0 saturated heterocycles. The van der Waals surface area contributed by atoms with Gasteiger partial charge in [-0.2, -0.15) is 0 Å². The molecule has 2 heterocycles. The molecule has 0 aliphatic heterocycles. The molecule has 12 aromatic carbocycles. The van der Waals surface area contributed by atoms with Gasteiger partial charge in [-0.1, -0.05) is 246 Å². The van der Waals surface area contributed by atoms with Gasteiger partial charge in [-0.3, -0.25) is 0 Å². The number of fused-ring (bicyclic) bond motifs is 10. The average Bonchev–Trinajstić information content (AvgIpc) is 3.91. The Labute approximate surface area is 384 Å². The fourth-order valence-corrected chi connectivity index (χ4v) is 16.9. The van der Waals surface area contributed by atoms with E-state index < -0.39 is 15.1 Å². The van der Waals surface area contributed by atoms with Gasteiger partial charge in [0.15, 0.2) is 0 Å². The van der Waals surface area contributed by atoms with Gasteiger partial charge in [-0.25, -0.2) is 0 Å². The molecule has 0 N–H and O–H groups in total. The summed E-state index contributed by atoms with van der Waals surface area (Å²) in [5.74, 6) is 0. The molecule has 2 heteroatoms. The molecular weight excluding hydrogens is 831 g/mol. The van der Waals surface area contributed by atoms with Gasteiger partial charge in [0.1, 0.15) is 0 Å². The van der Waals surface area contributed by atoms with Crippen LogP contribution in [0, 0.1) is 0 Å². The standard InChI is InChI=1S/C64H40P2/c1-3-21-43(22-4-1)65-59-37-13-11-27-49(59)55-35-17-33-53(63(55)65)47-29-15-31-51-57(47)40-58-48(54-34-18-36-56-50-28-12-14-38-60(50)66(64(54)56)44-23-5-2-6-24-44)30-16-32-52(58)62(51)61-45-25-9-7-19-41(45)39-42-20-8-10-26-46(42)61/h1-40H. The highest BCUT2D eigenvalue weighted by Gasteiger charge is 2.24. The molecule has 0 spiro atoms. The predicted octanol–water partition coefficient (Wildman–Crippen LogP) is 19.9. The van der Waals surface area contributed by atoms with Crippen molar-refractivity contribution in [2.75, 3.05) is 0 Å². The minimum Gasteiger partial charge on any atom is -0.0766 e. The molecule has 2 aromatic heterocycles. The van der Waals surface area contributed by atoms with Gasteiger partial charge in [-0.05, 0) is 121 Å². The van der Waals surface area contributed by atoms with Crippen LogP contribution in [0.5, 0.6) is 0 Å². The summed E-state index contributed by atoms with van der Waals surface area (Å²) in [6.07, 6.45) is 0. The Morgan fingerprint density at radius 2 is 0.561 bits per heavy atom. The van der Waals surface area contributed by atoms with Crippen LogP contribution in [0.2, 0.25) is 0 Å². The number of hydrogen-bond donors (Lipinski definition) is 0. The normalized spacial score (nSPS) is 12.5. The van der Waals surface area contributed by atoms with Crippen molar-refractivity contribution in [2.24, 2.45) is 0 Å². The maximum absolute atomic E-state index is 2.56. The van der Waals surface area contributed by atoms with Crippen molar-refractivity contribution >= 4 is 100 Å². The Morgan fingerprint density at radius 3 is 1.03 bits per heavy atom. The smallest absolute Gasteiger partial charge is 0.0147 e. The molecule has 14 aromatic rings. The SMILES string of the molecule is c1ccc(-p2c3ccccc3c3cccc(-c4cccc5c(-c6c7ccccc7cc7ccccc67)c6cccc(-c7cccc8c9ccccc9p(-c9ccccc9)c78)c6cc45)c32)cc1. The lowest BCUT2D eigenvalue weighted by Gasteiger charge is -2.21. The third-order valence-corrected chi connectivity index (χ3v) is 19.3. The highest BCUT2D eigenvalue weighted by molar-refractivity contribution is 7.68. The second kappa shape index (κ2) is 14.9. The van der Waals surface area contributed by atoms with Gasteiger partial charge in [-0.15, -0.1) is 0 Å². The number of rotatable bonds is 5. The fraction of sp³-hybridized carbons (Fsp3) is 0. The summed E-state index contributed by atoms with van der Waals surface area (Å²) < 4.78 is 0. The van der Waals surface area contributed by atoms with Gasteiger partial charge in [0.2, 0.25) is 0 Å². The fourth-order valence-electron chi connectivity index (χ4n) is 11.4. The van der Waals surface area contributed by atoms with Crippen molar-refractivity contribution in [3.63, 3.8) is 0 Å². The second-order valence-electron chi connectivity index (χ2n) is 17.5. The molecular formula is C64H40P2. The van der Waals surface area contributed by atoms with E-state index in [0.717, 1.165) is 0 Å². The first-order chi connectivity index (χ1) is 32.8. The van der Waals surface area contributed by atoms with Gasteiger partial charge >= 0.3 is 0 Å². The van der Waals surface area contributed by atoms with E-state index in [-0.39, 0.29) is 0 Å². The summed E-state index contributed by atoms with van der Waals surface area (Å²) in [5, 5.41) is 24.1. The van der Waals surface area contributed by atoms with Crippen LogP contribution in [-0.2, 0) is 0 Å². The van der Waals surface area contributed by atoms with Crippen LogP contribution < -0.4 is 0 Å². The van der Waals surface area contributed by atoms with Gasteiger partial charge in [0, 0.05) is 20.5 Å². The first-order valence-corrected chi connectivity index (χ1v) is 25.5. The molecule has 0 aliphatic rings. The molecule has 0 aliphatic carbocycles. The lowest BCUT2D eigenvalue weighted by atomic mass is 9.83. The van der Waals surface area contributed by atoms with E-state index in [1.165, 1.54) is 129 Å². The van der Waals surface area contributed by atoms with Gasteiger partial charge < -0.3 is 0 Å². The van der Waals surface area contributed by atoms with E-state index >= 15 is 0 Å². The minimum absolute atomic E-state index is 0.798. The van der Waals surface area contributed by atoms with Gasteiger partial charge in [0.25, 0.3) is 0 Å². The van der Waals surface area contributed by atoms with Crippen LogP contribution >= 0.6 is 15.1 Å². The van der Waals surface area contributed by atoms with Crippen molar-refractivity contribution in [1.29, 1.82) is 0 Å². The lowest BCUT2D eigenvalue weighted by Crippen LogP contribution is -1.93. The average molecular weight is 871 g/mol. The van der Waals surface area contributed by atoms with Crippen LogP contribution in [-0.4, -0.2) is 0 Å². The monoisotopic (exact) mass is 870 g/mol. The number of benzene rings is 12. The number of hydrogen-bond acceptors (Lipinski definition) is 0. The molecule has 0 radical (unpaired) electrons. The summed E-state index contributed by atoms with van der Waals surface area (Å²) in [4.78, 5) is 0. The quantitative estimate of drug-likeness (QED) is 0.151. The molecule has 0 fully saturated rings. The Bertz CT molecular complexity index is 4000. The summed E-state index contributed by atoms with van der Waals surface area (Å²) in [6.45, 7) is 0. The predicted molar refractivity (Wildman–Crippen MR) is 291 cm³/mol. The largest absolute Gasteiger partial charge is 0.0766 e. The van der Waals surface area contributed by atoms with Crippen molar-refractivity contribution in [3.05, 3.63) is 243 Å². The summed E-state index contributed by atoms with van der Waals surface area (Å²) in [6, 6.07) is 91.9. The summed E-state index contributed by atoms with van der Waals surface area (Å²) in [7, 11) is -1.60. The highest BCUT2D eigenvalue weighted by atomic mass is 31.1. The molecule has 0 saturated carbocycles. The van der Waals surface area contributed by atoms with E-state index in [2.05, 4.69) is 243 Å². The van der Waals surface area contributed by atoms with Crippen molar-refractivity contribution in [3.8, 4) is 44.0 Å². The Balaban J connectivity index is 1.18. The lowest BCUT2D eigenvalue weighted by molar-refractivity contribution is 1.69. The second-order valence-corrected chi connectivity index (χ2v) is 21.8. The highest BCUT2D eigenvalue weighted by Crippen LogP contribution is 2.60. The first kappa shape index (κ1) is 37.6. The van der Waals surface area contributed by atoms with Crippen molar-refractivity contribution in [1.82, 2.24) is 0 Å². The Kier molecular flexibility index (Phi) is 8.51. The Hall–Kier alpha value is -7.72. The maximum Gasteiger partial charge on any atom is 0.0147 e. The molecule has 14 rings (SSSR count). The molecule has 2 unspecified atom stereocenters. The van der Waals surface area contributed by atoms with E-state index in [1.54, 1.807) is 0 Å². The first-order valence-electron chi connectivity index (χ1n) is 22.9. The zero-order valence-corrected chi connectivity index (χ0v) is 37.8. The van der Waals surface area contributed by atoms with E-state index in [0.29, 0.717) is 0 Å². The molecule has 2 atom stereocenters. The summed E-state index contributed by atoms with van der Waals surface area (Å²) in [5.41, 5.74) is 7.78. The van der Waals surface area contributed by atoms with Crippen LogP contribution in [0.1, 0.15) is 0 Å². The molecule has 0 amide bonds. The van der Waals surface area contributed by atoms with Crippen LogP contribution in [0.4, 0.5) is 0 Å². The molecule has 0 bridgehead atoms. The Morgan fingerprint density at radius 1 is 0.212 bits per heavy atom. The zero-order chi connectivity index (χ0) is 43.3. The third-order valence-electron chi connectivity index (χ3n) is 14.1. The van der Waals surface area contributed by atoms with E-state index in [1.807, 2.05) is 0 Å². The zero-order valence-electron chi connectivity index (χ0n) is 36.0. The van der Waals surface area contributed by atoms with Crippen LogP contribution in [0.3, 0.4) is 0 Å². The minimum atomic E-state index is -0.798. The van der Waals surface area contributed by atoms with Crippen molar-refractivity contribution < 1.29 is 0 Å². The van der Waals surface area contributed by atoms with Crippen molar-refractivity contribution in [2.45, 2.75) is 0 Å². The van der Waals surface area contributed by atoms with Crippen LogP contribution in [0.25, 0.3) is 129 Å². The molecule has 306 valence electrons. The topological polar surface area (TPSA) is 0 Å². The molecule has 0 nitrogen and oxygen atoms in total. The van der Waals surface area contributed by atoms with Crippen LogP contribution in [0.15, 0.2) is 243 Å². The van der Waals surface area contributed by atoms with E-state index in [9.17, 15) is 0 Å². The van der Waals surface area contributed by atoms with E-state index in [4.69, 9.17) is 0 Å². The maximum atomic E-state index is 2.56. The third kappa shape index (κ3) is 5.53. The molecule has 66 heavy (non-hydrogen) atoms. The summed E-state index contributed by atoms with van der Waals surface area (Å²) >= 11 is 0. The van der Waals surface area contributed by atoms with Gasteiger partial charge in [0.05, 0.1) is 0 Å².